The number of rotatable bonds is 4. The van der Waals surface area contributed by atoms with Gasteiger partial charge in [0.1, 0.15) is 5.82 Å². The van der Waals surface area contributed by atoms with Crippen LogP contribution in [-0.2, 0) is 11.0 Å². The van der Waals surface area contributed by atoms with Crippen LogP contribution >= 0.6 is 24.8 Å². The fourth-order valence-electron chi connectivity index (χ4n) is 2.57. The molecule has 0 bridgehead atoms. The van der Waals surface area contributed by atoms with Crippen molar-refractivity contribution < 1.29 is 18.0 Å². The number of carbonyl (C=O) groups excluding carboxylic acids is 1. The van der Waals surface area contributed by atoms with Crippen molar-refractivity contribution in [1.82, 2.24) is 10.3 Å². The maximum absolute atomic E-state index is 12.5. The molecule has 0 radical (unpaired) electrons. The van der Waals surface area contributed by atoms with Crippen LogP contribution in [0.3, 0.4) is 0 Å². The number of nitrogens with zero attached hydrogens (tertiary/aromatic N) is 2. The highest BCUT2D eigenvalue weighted by Gasteiger charge is 2.31. The Kier molecular flexibility index (Phi) is 9.53. The largest absolute Gasteiger partial charge is 0.417 e. The second kappa shape index (κ2) is 10.0. The first kappa shape index (κ1) is 23.8. The molecule has 1 amide bonds. The number of halogens is 5. The van der Waals surface area contributed by atoms with E-state index in [1.54, 1.807) is 6.92 Å². The first-order valence-electron chi connectivity index (χ1n) is 7.59. The summed E-state index contributed by atoms with van der Waals surface area (Å²) in [6, 6.07) is 2.33. The average Bonchev–Trinajstić information content (AvgIpc) is 2.46. The van der Waals surface area contributed by atoms with Crippen LogP contribution in [0, 0.1) is 0 Å². The Labute approximate surface area is 157 Å². The molecule has 0 saturated carbocycles. The van der Waals surface area contributed by atoms with Crippen LogP contribution in [0.5, 0.6) is 0 Å². The summed E-state index contributed by atoms with van der Waals surface area (Å²) in [5, 5.41) is 2.94. The third kappa shape index (κ3) is 7.25. The fraction of sp³-hybridized carbons (Fsp3) is 0.600. The first-order valence-corrected chi connectivity index (χ1v) is 7.59. The Hall–Kier alpha value is -1.25. The lowest BCUT2D eigenvalue weighted by molar-refractivity contribution is -0.137. The summed E-state index contributed by atoms with van der Waals surface area (Å²) in [5.74, 6) is 0.462. The van der Waals surface area contributed by atoms with Crippen LogP contribution in [-0.4, -0.2) is 36.1 Å². The van der Waals surface area contributed by atoms with E-state index >= 15 is 0 Å². The standard InChI is InChI=1S/C15H21F3N4O.2ClH/c1-10(19)8-14(23)21-12-4-6-22(7-5-12)13-3-2-11(9-20-13)15(16,17)18;;/h2-3,9-10,12H,4-8,19H2,1H3,(H,21,23);2*1H. The zero-order valence-electron chi connectivity index (χ0n) is 13.8. The van der Waals surface area contributed by atoms with Gasteiger partial charge in [0.25, 0.3) is 0 Å². The molecule has 1 aromatic rings. The van der Waals surface area contributed by atoms with E-state index in [2.05, 4.69) is 10.3 Å². The number of amides is 1. The van der Waals surface area contributed by atoms with Gasteiger partial charge in [-0.05, 0) is 31.9 Å². The Morgan fingerprint density at radius 2 is 1.96 bits per heavy atom. The smallest absolute Gasteiger partial charge is 0.356 e. The van der Waals surface area contributed by atoms with Gasteiger partial charge in [0.15, 0.2) is 0 Å². The van der Waals surface area contributed by atoms with Crippen LogP contribution in [0.25, 0.3) is 0 Å². The molecule has 0 spiro atoms. The normalized spacial score (nSPS) is 16.4. The number of anilines is 1. The van der Waals surface area contributed by atoms with E-state index in [0.717, 1.165) is 25.1 Å². The van der Waals surface area contributed by atoms with Crippen LogP contribution in [0.2, 0.25) is 0 Å². The van der Waals surface area contributed by atoms with E-state index in [1.165, 1.54) is 6.07 Å². The molecule has 1 aromatic heterocycles. The molecular formula is C15H23Cl2F3N4O. The predicted molar refractivity (Wildman–Crippen MR) is 95.4 cm³/mol. The fourth-order valence-corrected chi connectivity index (χ4v) is 2.57. The molecule has 5 nitrogen and oxygen atoms in total. The molecule has 2 heterocycles. The summed E-state index contributed by atoms with van der Waals surface area (Å²) in [6.07, 6.45) is -1.77. The topological polar surface area (TPSA) is 71.2 Å². The van der Waals surface area contributed by atoms with Crippen LogP contribution in [0.4, 0.5) is 19.0 Å². The molecule has 1 aliphatic rings. The Balaban J connectivity index is 0.00000288. The Morgan fingerprint density at radius 3 is 2.40 bits per heavy atom. The quantitative estimate of drug-likeness (QED) is 0.811. The predicted octanol–water partition coefficient (Wildman–Crippen LogP) is 2.77. The molecule has 1 atom stereocenters. The summed E-state index contributed by atoms with van der Waals surface area (Å²) in [4.78, 5) is 17.5. The van der Waals surface area contributed by atoms with E-state index in [0.29, 0.717) is 25.3 Å². The van der Waals surface area contributed by atoms with Gasteiger partial charge in [0.05, 0.1) is 5.56 Å². The molecule has 1 unspecified atom stereocenters. The van der Waals surface area contributed by atoms with Crippen LogP contribution in [0.15, 0.2) is 18.3 Å². The van der Waals surface area contributed by atoms with Gasteiger partial charge >= 0.3 is 6.18 Å². The van der Waals surface area contributed by atoms with Crippen molar-refractivity contribution in [2.75, 3.05) is 18.0 Å². The maximum atomic E-state index is 12.5. The van der Waals surface area contributed by atoms with E-state index in [1.807, 2.05) is 4.90 Å². The minimum Gasteiger partial charge on any atom is -0.356 e. The second-order valence-corrected chi connectivity index (χ2v) is 5.91. The number of hydrogen-bond donors (Lipinski definition) is 2. The van der Waals surface area contributed by atoms with Gasteiger partial charge in [-0.1, -0.05) is 0 Å². The van der Waals surface area contributed by atoms with Crippen LogP contribution < -0.4 is 16.0 Å². The maximum Gasteiger partial charge on any atom is 0.417 e. The number of aromatic nitrogens is 1. The van der Waals surface area contributed by atoms with Gasteiger partial charge in [-0.15, -0.1) is 24.8 Å². The van der Waals surface area contributed by atoms with Gasteiger partial charge in [0.2, 0.25) is 5.91 Å². The molecule has 10 heteroatoms. The van der Waals surface area contributed by atoms with Crippen molar-refractivity contribution in [3.8, 4) is 0 Å². The summed E-state index contributed by atoms with van der Waals surface area (Å²) in [5.41, 5.74) is 4.83. The molecule has 144 valence electrons. The lowest BCUT2D eigenvalue weighted by atomic mass is 10.0. The highest BCUT2D eigenvalue weighted by molar-refractivity contribution is 5.85. The van der Waals surface area contributed by atoms with E-state index < -0.39 is 11.7 Å². The van der Waals surface area contributed by atoms with Crippen molar-refractivity contribution in [2.24, 2.45) is 5.73 Å². The number of piperidine rings is 1. The highest BCUT2D eigenvalue weighted by Crippen LogP contribution is 2.29. The van der Waals surface area contributed by atoms with E-state index in [4.69, 9.17) is 5.73 Å². The molecule has 0 aliphatic carbocycles. The van der Waals surface area contributed by atoms with Gasteiger partial charge in [0, 0.05) is 37.8 Å². The van der Waals surface area contributed by atoms with Crippen molar-refractivity contribution in [1.29, 1.82) is 0 Å². The zero-order chi connectivity index (χ0) is 17.0. The van der Waals surface area contributed by atoms with Crippen molar-refractivity contribution >= 4 is 36.5 Å². The van der Waals surface area contributed by atoms with E-state index in [-0.39, 0.29) is 42.8 Å². The zero-order valence-corrected chi connectivity index (χ0v) is 15.4. The third-order valence-electron chi connectivity index (χ3n) is 3.77. The Morgan fingerprint density at radius 1 is 1.36 bits per heavy atom. The summed E-state index contributed by atoms with van der Waals surface area (Å²) >= 11 is 0. The number of nitrogens with one attached hydrogen (secondary N) is 1. The molecule has 1 saturated heterocycles. The molecule has 3 N–H and O–H groups in total. The molecule has 1 aliphatic heterocycles. The number of hydrogen-bond acceptors (Lipinski definition) is 4. The Bertz CT molecular complexity index is 533. The third-order valence-corrected chi connectivity index (χ3v) is 3.77. The number of carbonyl (C=O) groups is 1. The van der Waals surface area contributed by atoms with Crippen molar-refractivity contribution in [2.45, 2.75) is 44.4 Å². The van der Waals surface area contributed by atoms with Gasteiger partial charge in [-0.25, -0.2) is 4.98 Å². The van der Waals surface area contributed by atoms with Crippen LogP contribution in [0.1, 0.15) is 31.7 Å². The molecule has 2 rings (SSSR count). The summed E-state index contributed by atoms with van der Waals surface area (Å²) in [7, 11) is 0. The number of pyridine rings is 1. The number of alkyl halides is 3. The molecular weight excluding hydrogens is 380 g/mol. The van der Waals surface area contributed by atoms with Gasteiger partial charge in [-0.2, -0.15) is 13.2 Å². The summed E-state index contributed by atoms with van der Waals surface area (Å²) < 4.78 is 37.6. The van der Waals surface area contributed by atoms with Gasteiger partial charge in [-0.3, -0.25) is 4.79 Å². The lowest BCUT2D eigenvalue weighted by Gasteiger charge is -2.33. The highest BCUT2D eigenvalue weighted by atomic mass is 35.5. The van der Waals surface area contributed by atoms with E-state index in [9.17, 15) is 18.0 Å². The lowest BCUT2D eigenvalue weighted by Crippen LogP contribution is -2.45. The monoisotopic (exact) mass is 402 g/mol. The first-order chi connectivity index (χ1) is 10.8. The molecule has 0 aromatic carbocycles. The second-order valence-electron chi connectivity index (χ2n) is 5.91. The molecule has 1 fully saturated rings. The van der Waals surface area contributed by atoms with Crippen molar-refractivity contribution in [3.05, 3.63) is 23.9 Å². The minimum atomic E-state index is -4.37. The summed E-state index contributed by atoms with van der Waals surface area (Å²) in [6.45, 7) is 3.06. The van der Waals surface area contributed by atoms with Gasteiger partial charge < -0.3 is 16.0 Å². The average molecular weight is 403 g/mol. The van der Waals surface area contributed by atoms with Crippen molar-refractivity contribution in [3.63, 3.8) is 0 Å². The number of nitrogens with two attached hydrogens (primary N) is 1. The minimum absolute atomic E-state index is 0. The SMILES string of the molecule is CC(N)CC(=O)NC1CCN(c2ccc(C(F)(F)F)cn2)CC1.Cl.Cl. The molecule has 25 heavy (non-hydrogen) atoms.